The molecule has 4 rings (SSSR count). The molecule has 0 radical (unpaired) electrons. The van der Waals surface area contributed by atoms with Gasteiger partial charge in [0.05, 0.1) is 0 Å². The quantitative estimate of drug-likeness (QED) is 0.332. The molecule has 0 N–H and O–H groups in total. The van der Waals surface area contributed by atoms with Crippen molar-refractivity contribution in [3.8, 4) is 0 Å². The third kappa shape index (κ3) is 4.06. The Morgan fingerprint density at radius 2 is 1.90 bits per heavy atom. The Kier molecular flexibility index (Phi) is 6.50. The smallest absolute Gasteiger partial charge is 0.302 e. The van der Waals surface area contributed by atoms with Crippen LogP contribution in [0, 0.1) is 46.3 Å². The van der Waals surface area contributed by atoms with Crippen LogP contribution in [0.3, 0.4) is 0 Å². The summed E-state index contributed by atoms with van der Waals surface area (Å²) >= 11 is 0. The maximum absolute atomic E-state index is 11.5. The zero-order valence-electron chi connectivity index (χ0n) is 21.0. The Bertz CT molecular complexity index is 735. The first-order valence-corrected chi connectivity index (χ1v) is 13.2. The van der Waals surface area contributed by atoms with Crippen LogP contribution in [0.4, 0.5) is 0 Å². The van der Waals surface area contributed by atoms with Gasteiger partial charge in [-0.05, 0) is 91.3 Å². The van der Waals surface area contributed by atoms with E-state index in [1.807, 2.05) is 0 Å². The number of hydrogen-bond donors (Lipinski definition) is 0. The fraction of sp³-hybridized carbons (Fsp3) is 0.828. The van der Waals surface area contributed by atoms with Gasteiger partial charge in [-0.3, -0.25) is 4.79 Å². The van der Waals surface area contributed by atoms with E-state index in [-0.39, 0.29) is 12.1 Å². The summed E-state index contributed by atoms with van der Waals surface area (Å²) in [7, 11) is 0. The molecule has 0 heterocycles. The van der Waals surface area contributed by atoms with Crippen molar-refractivity contribution >= 4 is 5.97 Å². The van der Waals surface area contributed by atoms with Crippen LogP contribution >= 0.6 is 0 Å². The van der Waals surface area contributed by atoms with Crippen LogP contribution in [0.1, 0.15) is 99.3 Å². The molecule has 0 aromatic carbocycles. The third-order valence-corrected chi connectivity index (χ3v) is 10.5. The second-order valence-corrected chi connectivity index (χ2v) is 12.1. The molecule has 174 valence electrons. The summed E-state index contributed by atoms with van der Waals surface area (Å²) in [6.07, 6.45) is 19.1. The van der Waals surface area contributed by atoms with Gasteiger partial charge in [0.25, 0.3) is 0 Å². The van der Waals surface area contributed by atoms with Crippen molar-refractivity contribution in [2.24, 2.45) is 46.3 Å². The van der Waals surface area contributed by atoms with Crippen LogP contribution < -0.4 is 0 Å². The molecule has 4 aliphatic carbocycles. The van der Waals surface area contributed by atoms with E-state index in [1.165, 1.54) is 44.9 Å². The van der Waals surface area contributed by atoms with Crippen LogP contribution in [0.2, 0.25) is 0 Å². The lowest BCUT2D eigenvalue weighted by Crippen LogP contribution is -2.51. The normalized spacial score (nSPS) is 44.1. The zero-order valence-corrected chi connectivity index (χ0v) is 21.0. The Labute approximate surface area is 191 Å². The molecule has 9 atom stereocenters. The maximum Gasteiger partial charge on any atom is 0.302 e. The minimum Gasteiger partial charge on any atom is -0.462 e. The molecule has 0 saturated heterocycles. The van der Waals surface area contributed by atoms with Crippen LogP contribution in [0.15, 0.2) is 23.8 Å². The fourth-order valence-corrected chi connectivity index (χ4v) is 8.50. The molecule has 0 spiro atoms. The highest BCUT2D eigenvalue weighted by atomic mass is 16.5. The predicted molar refractivity (Wildman–Crippen MR) is 129 cm³/mol. The molecule has 0 aromatic rings. The van der Waals surface area contributed by atoms with E-state index >= 15 is 0 Å². The number of esters is 1. The lowest BCUT2D eigenvalue weighted by Gasteiger charge is -2.58. The van der Waals surface area contributed by atoms with Gasteiger partial charge in [0.1, 0.15) is 6.10 Å². The number of hydrogen-bond acceptors (Lipinski definition) is 2. The lowest BCUT2D eigenvalue weighted by atomic mass is 9.47. The molecule has 2 heteroatoms. The topological polar surface area (TPSA) is 26.3 Å². The maximum atomic E-state index is 11.5. The van der Waals surface area contributed by atoms with E-state index in [4.69, 9.17) is 4.74 Å². The number of fused-ring (bicyclic) bond motifs is 5. The van der Waals surface area contributed by atoms with Crippen molar-refractivity contribution in [2.75, 3.05) is 0 Å². The molecule has 3 fully saturated rings. The van der Waals surface area contributed by atoms with Crippen LogP contribution in [0.5, 0.6) is 0 Å². The van der Waals surface area contributed by atoms with E-state index < -0.39 is 0 Å². The summed E-state index contributed by atoms with van der Waals surface area (Å²) in [4.78, 5) is 11.5. The zero-order chi connectivity index (χ0) is 22.4. The SMILES string of the molecule is CC[C@@H](C)C=C[C@@H](C)[C@H]1CC[C@H]2[C@@H]3CC=C4C[C@@H](OC(C)=O)CC[C@]4(C)[C@H]3CC[C@]12C. The van der Waals surface area contributed by atoms with Crippen molar-refractivity contribution < 1.29 is 9.53 Å². The summed E-state index contributed by atoms with van der Waals surface area (Å²) in [5, 5.41) is 0. The van der Waals surface area contributed by atoms with Crippen molar-refractivity contribution in [3.63, 3.8) is 0 Å². The molecule has 0 aromatic heterocycles. The van der Waals surface area contributed by atoms with E-state index in [9.17, 15) is 4.79 Å². The van der Waals surface area contributed by atoms with Gasteiger partial charge in [-0.1, -0.05) is 64.8 Å². The molecule has 3 saturated carbocycles. The Balaban J connectivity index is 1.51. The average Bonchev–Trinajstić information content (AvgIpc) is 3.09. The Morgan fingerprint density at radius 1 is 1.13 bits per heavy atom. The summed E-state index contributed by atoms with van der Waals surface area (Å²) < 4.78 is 5.61. The summed E-state index contributed by atoms with van der Waals surface area (Å²) in [5.41, 5.74) is 2.45. The first-order chi connectivity index (χ1) is 14.7. The number of ether oxygens (including phenoxy) is 1. The highest BCUT2D eigenvalue weighted by Crippen LogP contribution is 2.67. The Morgan fingerprint density at radius 3 is 2.61 bits per heavy atom. The first-order valence-electron chi connectivity index (χ1n) is 13.2. The van der Waals surface area contributed by atoms with Crippen LogP contribution in [0.25, 0.3) is 0 Å². The van der Waals surface area contributed by atoms with Crippen molar-refractivity contribution in [3.05, 3.63) is 23.8 Å². The van der Waals surface area contributed by atoms with Crippen LogP contribution in [-0.4, -0.2) is 12.1 Å². The lowest BCUT2D eigenvalue weighted by molar-refractivity contribution is -0.148. The average molecular weight is 427 g/mol. The monoisotopic (exact) mass is 426 g/mol. The largest absolute Gasteiger partial charge is 0.462 e. The summed E-state index contributed by atoms with van der Waals surface area (Å²) in [5.74, 6) is 4.69. The minimum atomic E-state index is -0.121. The van der Waals surface area contributed by atoms with E-state index in [2.05, 4.69) is 52.8 Å². The number of carbonyl (C=O) groups excluding carboxylic acids is 1. The van der Waals surface area contributed by atoms with Crippen molar-refractivity contribution in [2.45, 2.75) is 105 Å². The first kappa shape index (κ1) is 23.1. The van der Waals surface area contributed by atoms with Gasteiger partial charge in [-0.15, -0.1) is 0 Å². The number of rotatable bonds is 5. The molecular formula is C29H46O2. The van der Waals surface area contributed by atoms with Gasteiger partial charge in [0.2, 0.25) is 0 Å². The van der Waals surface area contributed by atoms with E-state index in [0.717, 1.165) is 36.5 Å². The van der Waals surface area contributed by atoms with Gasteiger partial charge < -0.3 is 4.74 Å². The van der Waals surface area contributed by atoms with Gasteiger partial charge in [-0.25, -0.2) is 0 Å². The Hall–Kier alpha value is -1.05. The van der Waals surface area contributed by atoms with Gasteiger partial charge in [-0.2, -0.15) is 0 Å². The molecular weight excluding hydrogens is 380 g/mol. The van der Waals surface area contributed by atoms with Gasteiger partial charge >= 0.3 is 5.97 Å². The highest BCUT2D eigenvalue weighted by molar-refractivity contribution is 5.66. The van der Waals surface area contributed by atoms with E-state index in [1.54, 1.807) is 12.5 Å². The third-order valence-electron chi connectivity index (χ3n) is 10.5. The molecule has 0 bridgehead atoms. The van der Waals surface area contributed by atoms with Gasteiger partial charge in [0.15, 0.2) is 0 Å². The second-order valence-electron chi connectivity index (χ2n) is 12.1. The number of allylic oxidation sites excluding steroid dienone is 3. The standard InChI is InChI=1S/C29H46O2/c1-7-19(2)8-9-20(3)25-12-13-26-24-11-10-22-18-23(31-21(4)30)14-16-28(22,5)27(24)15-17-29(25,26)6/h8-10,19-20,23-27H,7,11-18H2,1-6H3/t19-,20-,23+,24+,25-,26+,27+,28+,29-/m1/s1. The minimum absolute atomic E-state index is 0.108. The van der Waals surface area contributed by atoms with Crippen molar-refractivity contribution in [1.82, 2.24) is 0 Å². The van der Waals surface area contributed by atoms with Gasteiger partial charge in [0, 0.05) is 13.3 Å². The highest BCUT2D eigenvalue weighted by Gasteiger charge is 2.59. The molecule has 0 unspecified atom stereocenters. The fourth-order valence-electron chi connectivity index (χ4n) is 8.50. The van der Waals surface area contributed by atoms with E-state index in [0.29, 0.717) is 22.7 Å². The van der Waals surface area contributed by atoms with Crippen molar-refractivity contribution in [1.29, 1.82) is 0 Å². The van der Waals surface area contributed by atoms with Crippen LogP contribution in [-0.2, 0) is 9.53 Å². The second kappa shape index (κ2) is 8.71. The molecule has 4 aliphatic rings. The molecule has 2 nitrogen and oxygen atoms in total. The molecule has 31 heavy (non-hydrogen) atoms. The summed E-state index contributed by atoms with van der Waals surface area (Å²) in [6.45, 7) is 13.9. The predicted octanol–water partition coefficient (Wildman–Crippen LogP) is 7.74. The summed E-state index contributed by atoms with van der Waals surface area (Å²) in [6, 6.07) is 0. The number of carbonyl (C=O) groups is 1. The molecule has 0 amide bonds. The molecule has 0 aliphatic heterocycles.